The lowest BCUT2D eigenvalue weighted by atomic mass is 10.3. The number of hydrogen-bond acceptors (Lipinski definition) is 6. The average Bonchev–Trinajstić information content (AvgIpc) is 2.70. The maximum atomic E-state index is 11.1. The summed E-state index contributed by atoms with van der Waals surface area (Å²) >= 11 is 1.38. The highest BCUT2D eigenvalue weighted by Crippen LogP contribution is 2.32. The lowest BCUT2D eigenvalue weighted by molar-refractivity contribution is 0.555. The molecular formula is C11H8N4O2S. The van der Waals surface area contributed by atoms with E-state index in [0.29, 0.717) is 16.8 Å². The average molecular weight is 260 g/mol. The van der Waals surface area contributed by atoms with Gasteiger partial charge in [-0.15, -0.1) is 0 Å². The molecule has 3 N–H and O–H groups in total. The second-order valence-electron chi connectivity index (χ2n) is 3.55. The van der Waals surface area contributed by atoms with Crippen molar-refractivity contribution in [3.8, 4) is 0 Å². The van der Waals surface area contributed by atoms with Gasteiger partial charge in [-0.1, -0.05) is 11.8 Å². The van der Waals surface area contributed by atoms with Gasteiger partial charge in [-0.25, -0.2) is 9.78 Å². The number of aromatic nitrogens is 3. The monoisotopic (exact) mass is 260 g/mol. The molecule has 2 heterocycles. The summed E-state index contributed by atoms with van der Waals surface area (Å²) in [4.78, 5) is 22.6. The number of nitrogens with two attached hydrogens (primary N) is 1. The number of nitrogens with zero attached hydrogens (tertiary/aromatic N) is 2. The van der Waals surface area contributed by atoms with E-state index < -0.39 is 5.76 Å². The third kappa shape index (κ3) is 1.95. The number of anilines is 1. The summed E-state index contributed by atoms with van der Waals surface area (Å²) in [5.74, 6) is -0.494. The van der Waals surface area contributed by atoms with E-state index in [-0.39, 0.29) is 0 Å². The molecule has 0 aliphatic carbocycles. The second kappa shape index (κ2) is 4.19. The standard InChI is InChI=1S/C11H8N4O2S/c12-6-3-8-7(15-11(16)17-8)4-9(6)18-10-5-13-1-2-14-10/h1-5H,12H2,(H,15,16). The van der Waals surface area contributed by atoms with E-state index in [4.69, 9.17) is 10.2 Å². The summed E-state index contributed by atoms with van der Waals surface area (Å²) in [5.41, 5.74) is 7.48. The molecule has 3 rings (SSSR count). The van der Waals surface area contributed by atoms with Gasteiger partial charge in [0.1, 0.15) is 5.03 Å². The van der Waals surface area contributed by atoms with Gasteiger partial charge in [0.2, 0.25) is 0 Å². The molecule has 7 heteroatoms. The lowest BCUT2D eigenvalue weighted by Crippen LogP contribution is -1.93. The highest BCUT2D eigenvalue weighted by Gasteiger charge is 2.08. The number of nitrogens with one attached hydrogen (secondary N) is 1. The molecule has 0 aliphatic heterocycles. The van der Waals surface area contributed by atoms with Crippen LogP contribution in [0.3, 0.4) is 0 Å². The fourth-order valence-electron chi connectivity index (χ4n) is 1.53. The highest BCUT2D eigenvalue weighted by atomic mass is 32.2. The predicted octanol–water partition coefficient (Wildman–Crippen LogP) is 1.64. The molecule has 3 aromatic rings. The minimum atomic E-state index is -0.494. The number of H-pyrrole nitrogens is 1. The van der Waals surface area contributed by atoms with Gasteiger partial charge < -0.3 is 10.2 Å². The number of rotatable bonds is 2. The van der Waals surface area contributed by atoms with Crippen LogP contribution in [0.1, 0.15) is 0 Å². The van der Waals surface area contributed by atoms with Gasteiger partial charge in [-0.3, -0.25) is 9.97 Å². The Kier molecular flexibility index (Phi) is 2.52. The van der Waals surface area contributed by atoms with Crippen LogP contribution in [0.2, 0.25) is 0 Å². The van der Waals surface area contributed by atoms with Crippen molar-refractivity contribution in [2.45, 2.75) is 9.92 Å². The molecule has 0 saturated carbocycles. The van der Waals surface area contributed by atoms with Crippen molar-refractivity contribution in [3.05, 3.63) is 41.3 Å². The zero-order valence-electron chi connectivity index (χ0n) is 9.08. The molecule has 0 saturated heterocycles. The van der Waals surface area contributed by atoms with E-state index in [1.165, 1.54) is 11.8 Å². The van der Waals surface area contributed by atoms with Crippen LogP contribution < -0.4 is 11.5 Å². The van der Waals surface area contributed by atoms with Gasteiger partial charge in [0, 0.05) is 29.0 Å². The number of fused-ring (bicyclic) bond motifs is 1. The molecule has 0 radical (unpaired) electrons. The molecule has 0 unspecified atom stereocenters. The molecule has 0 spiro atoms. The summed E-state index contributed by atoms with van der Waals surface area (Å²) in [6, 6.07) is 3.38. The van der Waals surface area contributed by atoms with E-state index in [0.717, 1.165) is 9.92 Å². The van der Waals surface area contributed by atoms with E-state index >= 15 is 0 Å². The molecule has 0 fully saturated rings. The van der Waals surface area contributed by atoms with Crippen molar-refractivity contribution < 1.29 is 4.42 Å². The summed E-state index contributed by atoms with van der Waals surface area (Å²) in [5, 5.41) is 0.731. The van der Waals surface area contributed by atoms with E-state index in [1.54, 1.807) is 30.7 Å². The van der Waals surface area contributed by atoms with Crippen LogP contribution in [0.15, 0.2) is 49.9 Å². The first-order valence-electron chi connectivity index (χ1n) is 5.08. The van der Waals surface area contributed by atoms with Crippen molar-refractivity contribution in [2.75, 3.05) is 5.73 Å². The molecule has 0 atom stereocenters. The van der Waals surface area contributed by atoms with Crippen LogP contribution in [0.5, 0.6) is 0 Å². The van der Waals surface area contributed by atoms with Gasteiger partial charge in [0.15, 0.2) is 5.58 Å². The highest BCUT2D eigenvalue weighted by molar-refractivity contribution is 7.99. The van der Waals surface area contributed by atoms with Crippen LogP contribution in [0, 0.1) is 0 Å². The Balaban J connectivity index is 2.06. The van der Waals surface area contributed by atoms with Crippen molar-refractivity contribution in [1.82, 2.24) is 15.0 Å². The minimum absolute atomic E-state index is 0.445. The van der Waals surface area contributed by atoms with Crippen LogP contribution in [-0.2, 0) is 0 Å². The second-order valence-corrected chi connectivity index (χ2v) is 4.61. The first-order chi connectivity index (χ1) is 8.72. The summed E-state index contributed by atoms with van der Waals surface area (Å²) in [6.45, 7) is 0. The quantitative estimate of drug-likeness (QED) is 0.680. The molecule has 0 amide bonds. The predicted molar refractivity (Wildman–Crippen MR) is 67.4 cm³/mol. The van der Waals surface area contributed by atoms with Crippen molar-refractivity contribution in [3.63, 3.8) is 0 Å². The summed E-state index contributed by atoms with van der Waals surface area (Å²) < 4.78 is 4.93. The first kappa shape index (κ1) is 10.8. The topological polar surface area (TPSA) is 97.8 Å². The fourth-order valence-corrected chi connectivity index (χ4v) is 2.34. The Labute approximate surface area is 105 Å². The SMILES string of the molecule is Nc1cc2oc(=O)[nH]c2cc1Sc1cnccn1. The zero-order chi connectivity index (χ0) is 12.5. The number of nitrogen functional groups attached to an aromatic ring is 1. The Bertz CT molecular complexity index is 751. The molecule has 0 aliphatic rings. The smallest absolute Gasteiger partial charge is 0.408 e. The maximum absolute atomic E-state index is 11.1. The van der Waals surface area contributed by atoms with Gasteiger partial charge in [-0.05, 0) is 6.07 Å². The van der Waals surface area contributed by atoms with Gasteiger partial charge in [0.05, 0.1) is 11.7 Å². The molecule has 0 bridgehead atoms. The van der Waals surface area contributed by atoms with Crippen molar-refractivity contribution >= 4 is 28.5 Å². The first-order valence-corrected chi connectivity index (χ1v) is 5.90. The van der Waals surface area contributed by atoms with E-state index in [2.05, 4.69) is 15.0 Å². The van der Waals surface area contributed by atoms with Crippen LogP contribution in [-0.4, -0.2) is 15.0 Å². The number of aromatic amines is 1. The summed E-state index contributed by atoms with van der Waals surface area (Å²) in [7, 11) is 0. The molecule has 18 heavy (non-hydrogen) atoms. The van der Waals surface area contributed by atoms with Gasteiger partial charge in [0.25, 0.3) is 0 Å². The maximum Gasteiger partial charge on any atom is 0.417 e. The normalized spacial score (nSPS) is 10.9. The largest absolute Gasteiger partial charge is 0.417 e. The lowest BCUT2D eigenvalue weighted by Gasteiger charge is -2.03. The number of oxazole rings is 1. The summed E-state index contributed by atoms with van der Waals surface area (Å²) in [6.07, 6.45) is 4.85. The Morgan fingerprint density at radius 2 is 2.22 bits per heavy atom. The van der Waals surface area contributed by atoms with Crippen molar-refractivity contribution in [2.24, 2.45) is 0 Å². The van der Waals surface area contributed by atoms with Gasteiger partial charge in [-0.2, -0.15) is 0 Å². The molecule has 2 aromatic heterocycles. The zero-order valence-corrected chi connectivity index (χ0v) is 9.90. The van der Waals surface area contributed by atoms with Gasteiger partial charge >= 0.3 is 5.76 Å². The van der Waals surface area contributed by atoms with Crippen LogP contribution in [0.25, 0.3) is 11.1 Å². The molecule has 90 valence electrons. The fraction of sp³-hybridized carbons (Fsp3) is 0. The molecular weight excluding hydrogens is 252 g/mol. The van der Waals surface area contributed by atoms with E-state index in [9.17, 15) is 4.79 Å². The number of benzene rings is 1. The van der Waals surface area contributed by atoms with E-state index in [1.807, 2.05) is 0 Å². The van der Waals surface area contributed by atoms with Crippen molar-refractivity contribution in [1.29, 1.82) is 0 Å². The Morgan fingerprint density at radius 3 is 3.00 bits per heavy atom. The third-order valence-electron chi connectivity index (χ3n) is 2.31. The number of hydrogen-bond donors (Lipinski definition) is 2. The minimum Gasteiger partial charge on any atom is -0.408 e. The van der Waals surface area contributed by atoms with Crippen LogP contribution >= 0.6 is 11.8 Å². The Morgan fingerprint density at radius 1 is 1.33 bits per heavy atom. The van der Waals surface area contributed by atoms with Crippen LogP contribution in [0.4, 0.5) is 5.69 Å². The Hall–Kier alpha value is -2.28. The molecule has 6 nitrogen and oxygen atoms in total. The molecule has 1 aromatic carbocycles. The third-order valence-corrected chi connectivity index (χ3v) is 3.30.